The van der Waals surface area contributed by atoms with Crippen molar-refractivity contribution < 1.29 is 0 Å². The fraction of sp³-hybridized carbons (Fsp3) is 0.250. The van der Waals surface area contributed by atoms with Crippen LogP contribution >= 0.6 is 12.2 Å². The van der Waals surface area contributed by atoms with Crippen molar-refractivity contribution in [2.24, 2.45) is 5.73 Å². The van der Waals surface area contributed by atoms with Crippen LogP contribution < -0.4 is 17.2 Å². The second-order valence-electron chi connectivity index (χ2n) is 1.03. The zero-order valence-corrected chi connectivity index (χ0v) is 5.50. The summed E-state index contributed by atoms with van der Waals surface area (Å²) in [6, 6.07) is 0. The Balaban J connectivity index is 0. The van der Waals surface area contributed by atoms with Gasteiger partial charge in [0, 0.05) is 6.54 Å². The Bertz CT molecular complexity index is 81.4. The minimum atomic E-state index is 0. The van der Waals surface area contributed by atoms with Crippen LogP contribution in [0.5, 0.6) is 0 Å². The molecule has 0 aliphatic rings. The van der Waals surface area contributed by atoms with Crippen molar-refractivity contribution in [2.75, 3.05) is 6.54 Å². The Morgan fingerprint density at radius 2 is 2.38 bits per heavy atom. The number of rotatable bonds is 2. The van der Waals surface area contributed by atoms with Gasteiger partial charge in [0.2, 0.25) is 0 Å². The molecule has 3 nitrogen and oxygen atoms in total. The Morgan fingerprint density at radius 3 is 2.50 bits per heavy atom. The van der Waals surface area contributed by atoms with E-state index in [2.05, 4.69) is 24.1 Å². The third-order valence-electron chi connectivity index (χ3n) is 0.421. The van der Waals surface area contributed by atoms with Gasteiger partial charge >= 0.3 is 0 Å². The molecule has 0 unspecified atom stereocenters. The summed E-state index contributed by atoms with van der Waals surface area (Å²) in [5.74, 6) is 0. The highest BCUT2D eigenvalue weighted by Crippen LogP contribution is 1.58. The zero-order valence-electron chi connectivity index (χ0n) is 4.68. The van der Waals surface area contributed by atoms with E-state index in [1.54, 1.807) is 6.08 Å². The van der Waals surface area contributed by atoms with Gasteiger partial charge in [-0.2, -0.15) is 0 Å². The minimum Gasteiger partial charge on any atom is -0.376 e. The first kappa shape index (κ1) is 10.4. The van der Waals surface area contributed by atoms with Crippen molar-refractivity contribution in [1.29, 1.82) is 0 Å². The zero-order chi connectivity index (χ0) is 5.70. The predicted molar refractivity (Wildman–Crippen MR) is 40.0 cm³/mol. The van der Waals surface area contributed by atoms with Crippen LogP contribution in [0.1, 0.15) is 0 Å². The molecule has 8 heavy (non-hydrogen) atoms. The number of hydrogen-bond acceptors (Lipinski definition) is 2. The van der Waals surface area contributed by atoms with Crippen LogP contribution in [0.2, 0.25) is 0 Å². The normalized spacial score (nSPS) is 6.50. The second-order valence-corrected chi connectivity index (χ2v) is 1.47. The largest absolute Gasteiger partial charge is 0.376 e. The first-order chi connectivity index (χ1) is 3.27. The molecular formula is C4H11N3S. The maximum Gasteiger partial charge on any atom is 0.163 e. The van der Waals surface area contributed by atoms with E-state index in [9.17, 15) is 0 Å². The van der Waals surface area contributed by atoms with Crippen LogP contribution in [0.15, 0.2) is 12.7 Å². The summed E-state index contributed by atoms with van der Waals surface area (Å²) >= 11 is 4.48. The molecule has 0 aliphatic carbocycles. The van der Waals surface area contributed by atoms with Crippen LogP contribution in [0.4, 0.5) is 0 Å². The molecule has 0 saturated carbocycles. The van der Waals surface area contributed by atoms with E-state index >= 15 is 0 Å². The lowest BCUT2D eigenvalue weighted by atomic mass is 10.6. The molecule has 0 amide bonds. The average molecular weight is 133 g/mol. The molecule has 0 spiro atoms. The predicted octanol–water partition coefficient (Wildman–Crippen LogP) is 0.168. The van der Waals surface area contributed by atoms with Gasteiger partial charge in [-0.3, -0.25) is 0 Å². The van der Waals surface area contributed by atoms with Crippen LogP contribution in [0.25, 0.3) is 0 Å². The Labute approximate surface area is 54.5 Å². The van der Waals surface area contributed by atoms with Gasteiger partial charge in [0.05, 0.1) is 0 Å². The number of nitrogens with one attached hydrogen (secondary N) is 1. The Morgan fingerprint density at radius 1 is 1.88 bits per heavy atom. The molecule has 6 N–H and O–H groups in total. The van der Waals surface area contributed by atoms with Gasteiger partial charge in [-0.25, -0.2) is 0 Å². The van der Waals surface area contributed by atoms with Gasteiger partial charge in [0.25, 0.3) is 0 Å². The minimum absolute atomic E-state index is 0. The van der Waals surface area contributed by atoms with E-state index in [-0.39, 0.29) is 6.15 Å². The third kappa shape index (κ3) is 9.04. The molecule has 0 aromatic rings. The number of hydrogen-bond donors (Lipinski definition) is 3. The number of thiocarbonyl (C=S) groups is 1. The fourth-order valence-corrected chi connectivity index (χ4v) is 0.256. The highest BCUT2D eigenvalue weighted by atomic mass is 32.1. The summed E-state index contributed by atoms with van der Waals surface area (Å²) < 4.78 is 0. The van der Waals surface area contributed by atoms with Crippen LogP contribution in [0, 0.1) is 0 Å². The van der Waals surface area contributed by atoms with Crippen molar-refractivity contribution in [1.82, 2.24) is 11.5 Å². The molecular weight excluding hydrogens is 122 g/mol. The van der Waals surface area contributed by atoms with E-state index in [1.165, 1.54) is 0 Å². The van der Waals surface area contributed by atoms with Gasteiger partial charge in [-0.1, -0.05) is 6.08 Å². The van der Waals surface area contributed by atoms with Gasteiger partial charge in [-0.15, -0.1) is 6.58 Å². The van der Waals surface area contributed by atoms with E-state index < -0.39 is 0 Å². The lowest BCUT2D eigenvalue weighted by molar-refractivity contribution is 1.05. The molecule has 0 aliphatic heterocycles. The molecule has 0 heterocycles. The SMILES string of the molecule is C=CCNC(N)=S.N. The van der Waals surface area contributed by atoms with E-state index in [4.69, 9.17) is 5.73 Å². The first-order valence-corrected chi connectivity index (χ1v) is 2.32. The highest BCUT2D eigenvalue weighted by molar-refractivity contribution is 7.80. The molecule has 0 saturated heterocycles. The highest BCUT2D eigenvalue weighted by Gasteiger charge is 1.76. The monoisotopic (exact) mass is 133 g/mol. The first-order valence-electron chi connectivity index (χ1n) is 1.91. The molecule has 0 bridgehead atoms. The molecule has 0 radical (unpaired) electrons. The van der Waals surface area contributed by atoms with Crippen molar-refractivity contribution >= 4 is 17.3 Å². The molecule has 4 heteroatoms. The summed E-state index contributed by atoms with van der Waals surface area (Å²) in [6.07, 6.45) is 1.69. The Kier molecular flexibility index (Phi) is 8.30. The molecule has 0 aromatic carbocycles. The molecule has 48 valence electrons. The Hall–Kier alpha value is -0.610. The maximum absolute atomic E-state index is 5.05. The van der Waals surface area contributed by atoms with Crippen molar-refractivity contribution in [3.8, 4) is 0 Å². The second kappa shape index (κ2) is 6.39. The lowest BCUT2D eigenvalue weighted by Gasteiger charge is -1.94. The van der Waals surface area contributed by atoms with Crippen LogP contribution in [-0.4, -0.2) is 11.7 Å². The third-order valence-corrected chi connectivity index (χ3v) is 0.565. The maximum atomic E-state index is 5.05. The van der Waals surface area contributed by atoms with E-state index in [0.717, 1.165) is 0 Å². The summed E-state index contributed by atoms with van der Waals surface area (Å²) in [5, 5.41) is 3.01. The van der Waals surface area contributed by atoms with Gasteiger partial charge in [0.15, 0.2) is 5.11 Å². The van der Waals surface area contributed by atoms with Gasteiger partial charge < -0.3 is 17.2 Å². The molecule has 0 atom stereocenters. The van der Waals surface area contributed by atoms with Gasteiger partial charge in [-0.05, 0) is 12.2 Å². The quantitative estimate of drug-likeness (QED) is 0.371. The van der Waals surface area contributed by atoms with Crippen LogP contribution in [-0.2, 0) is 0 Å². The number of nitrogens with two attached hydrogens (primary N) is 1. The summed E-state index contributed by atoms with van der Waals surface area (Å²) in [6.45, 7) is 4.10. The van der Waals surface area contributed by atoms with E-state index in [0.29, 0.717) is 11.7 Å². The fourth-order valence-electron chi connectivity index (χ4n) is 0.173. The standard InChI is InChI=1S/C4H8N2S.H3N/c1-2-3-6-4(5)7;/h2H,1,3H2,(H3,5,6,7);1H3. The lowest BCUT2D eigenvalue weighted by Crippen LogP contribution is -2.28. The summed E-state index contributed by atoms with van der Waals surface area (Å²) in [7, 11) is 0. The molecule has 0 fully saturated rings. The summed E-state index contributed by atoms with van der Waals surface area (Å²) in [4.78, 5) is 0. The van der Waals surface area contributed by atoms with Crippen LogP contribution in [0.3, 0.4) is 0 Å². The van der Waals surface area contributed by atoms with Crippen molar-refractivity contribution in [3.05, 3.63) is 12.7 Å². The van der Waals surface area contributed by atoms with Crippen molar-refractivity contribution in [2.45, 2.75) is 0 Å². The van der Waals surface area contributed by atoms with Crippen molar-refractivity contribution in [3.63, 3.8) is 0 Å². The molecule has 0 aromatic heterocycles. The summed E-state index contributed by atoms with van der Waals surface area (Å²) in [5.41, 5.74) is 5.05. The molecule has 0 rings (SSSR count). The van der Waals surface area contributed by atoms with Gasteiger partial charge in [0.1, 0.15) is 0 Å². The smallest absolute Gasteiger partial charge is 0.163 e. The van der Waals surface area contributed by atoms with E-state index in [1.807, 2.05) is 0 Å². The average Bonchev–Trinajstić information content (AvgIpc) is 1.61. The topological polar surface area (TPSA) is 73.0 Å².